The van der Waals surface area contributed by atoms with E-state index in [0.717, 1.165) is 60.4 Å². The Kier molecular flexibility index (Phi) is 2.85. The molecular weight excluding hydrogens is 279 g/mol. The third-order valence-electron chi connectivity index (χ3n) is 5.43. The van der Waals surface area contributed by atoms with Crippen LogP contribution in [0.5, 0.6) is 0 Å². The zero-order valence-corrected chi connectivity index (χ0v) is 12.6. The summed E-state index contributed by atoms with van der Waals surface area (Å²) >= 11 is 12.6. The summed E-state index contributed by atoms with van der Waals surface area (Å²) in [4.78, 5) is 0. The number of halogens is 2. The lowest BCUT2D eigenvalue weighted by Crippen LogP contribution is -2.41. The second-order valence-electron chi connectivity index (χ2n) is 7.04. The van der Waals surface area contributed by atoms with Crippen molar-refractivity contribution >= 4 is 23.2 Å². The standard InChI is InChI=1S/C16H20Cl2O/c17-13-5-11-1-3-15(7-11,9-13)19-16-4-2-12(8-16)6-14(18)10-16/h9-12H,1-8H2. The highest BCUT2D eigenvalue weighted by molar-refractivity contribution is 6.30. The maximum atomic E-state index is 6.71. The van der Waals surface area contributed by atoms with Crippen LogP contribution in [0.3, 0.4) is 0 Å². The third kappa shape index (κ3) is 2.18. The Bertz CT molecular complexity index is 427. The third-order valence-corrected chi connectivity index (χ3v) is 5.96. The fraction of sp³-hybridized carbons (Fsp3) is 0.750. The molecule has 2 fully saturated rings. The number of hydrogen-bond donors (Lipinski definition) is 0. The van der Waals surface area contributed by atoms with Crippen molar-refractivity contribution in [1.82, 2.24) is 0 Å². The molecule has 4 atom stereocenters. The van der Waals surface area contributed by atoms with Gasteiger partial charge in [-0.25, -0.2) is 0 Å². The topological polar surface area (TPSA) is 9.23 Å². The summed E-state index contributed by atoms with van der Waals surface area (Å²) in [5.41, 5.74) is -0.195. The minimum Gasteiger partial charge on any atom is -0.360 e. The second kappa shape index (κ2) is 4.26. The van der Waals surface area contributed by atoms with Gasteiger partial charge in [-0.3, -0.25) is 0 Å². The van der Waals surface area contributed by atoms with Crippen LogP contribution >= 0.6 is 23.2 Å². The van der Waals surface area contributed by atoms with Crippen LogP contribution in [0.4, 0.5) is 0 Å². The first-order valence-electron chi connectivity index (χ1n) is 7.51. The average Bonchev–Trinajstić information content (AvgIpc) is 2.76. The summed E-state index contributed by atoms with van der Waals surface area (Å²) < 4.78 is 6.71. The molecule has 104 valence electrons. The van der Waals surface area contributed by atoms with E-state index in [1.54, 1.807) is 0 Å². The minimum absolute atomic E-state index is 0.0973. The van der Waals surface area contributed by atoms with E-state index in [-0.39, 0.29) is 11.2 Å². The molecule has 1 nitrogen and oxygen atoms in total. The molecule has 4 aliphatic carbocycles. The largest absolute Gasteiger partial charge is 0.360 e. The average molecular weight is 299 g/mol. The van der Waals surface area contributed by atoms with E-state index in [1.165, 1.54) is 12.8 Å². The van der Waals surface area contributed by atoms with Gasteiger partial charge in [-0.15, -0.1) is 0 Å². The zero-order valence-electron chi connectivity index (χ0n) is 11.1. The molecule has 4 bridgehead atoms. The number of hydrogen-bond acceptors (Lipinski definition) is 1. The highest BCUT2D eigenvalue weighted by atomic mass is 35.5. The number of ether oxygens (including phenoxy) is 1. The molecule has 0 spiro atoms. The van der Waals surface area contributed by atoms with Gasteiger partial charge in [-0.05, 0) is 75.4 Å². The van der Waals surface area contributed by atoms with Crippen molar-refractivity contribution in [1.29, 1.82) is 0 Å². The summed E-state index contributed by atoms with van der Waals surface area (Å²) in [6.07, 6.45) is 13.6. The molecule has 0 amide bonds. The molecule has 0 radical (unpaired) electrons. The second-order valence-corrected chi connectivity index (χ2v) is 8.01. The van der Waals surface area contributed by atoms with Gasteiger partial charge in [0.1, 0.15) is 0 Å². The number of rotatable bonds is 2. The van der Waals surface area contributed by atoms with E-state index < -0.39 is 0 Å². The Morgan fingerprint density at radius 1 is 0.895 bits per heavy atom. The lowest BCUT2D eigenvalue weighted by atomic mass is 9.87. The normalized spacial score (nSPS) is 48.1. The first-order valence-corrected chi connectivity index (χ1v) is 8.27. The molecule has 0 aliphatic heterocycles. The van der Waals surface area contributed by atoms with Crippen molar-refractivity contribution in [3.8, 4) is 0 Å². The van der Waals surface area contributed by atoms with E-state index >= 15 is 0 Å². The van der Waals surface area contributed by atoms with Crippen molar-refractivity contribution in [3.63, 3.8) is 0 Å². The Balaban J connectivity index is 1.64. The molecular formula is C16H20Cl2O. The van der Waals surface area contributed by atoms with Gasteiger partial charge in [-0.2, -0.15) is 0 Å². The Hall–Kier alpha value is 0.0200. The van der Waals surface area contributed by atoms with Crippen molar-refractivity contribution in [2.45, 2.75) is 62.6 Å². The molecule has 0 aromatic carbocycles. The molecule has 0 aromatic heterocycles. The van der Waals surface area contributed by atoms with Crippen molar-refractivity contribution in [2.75, 3.05) is 0 Å². The minimum atomic E-state index is -0.0973. The van der Waals surface area contributed by atoms with Gasteiger partial charge < -0.3 is 4.74 Å². The van der Waals surface area contributed by atoms with Gasteiger partial charge in [0.25, 0.3) is 0 Å². The number of fused-ring (bicyclic) bond motifs is 4. The van der Waals surface area contributed by atoms with Crippen molar-refractivity contribution in [2.24, 2.45) is 11.8 Å². The van der Waals surface area contributed by atoms with Gasteiger partial charge in [-0.1, -0.05) is 23.2 Å². The van der Waals surface area contributed by atoms with Crippen molar-refractivity contribution in [3.05, 3.63) is 22.2 Å². The van der Waals surface area contributed by atoms with Gasteiger partial charge in [0.15, 0.2) is 0 Å². The molecule has 2 saturated carbocycles. The lowest BCUT2D eigenvalue weighted by Gasteiger charge is -2.40. The first kappa shape index (κ1) is 12.7. The summed E-state index contributed by atoms with van der Waals surface area (Å²) in [6, 6.07) is 0. The van der Waals surface area contributed by atoms with Crippen LogP contribution in [0.25, 0.3) is 0 Å². The molecule has 3 heteroatoms. The van der Waals surface area contributed by atoms with Crippen LogP contribution < -0.4 is 0 Å². The van der Waals surface area contributed by atoms with Gasteiger partial charge in [0.2, 0.25) is 0 Å². The molecule has 0 saturated heterocycles. The highest BCUT2D eigenvalue weighted by Crippen LogP contribution is 2.54. The van der Waals surface area contributed by atoms with Gasteiger partial charge >= 0.3 is 0 Å². The smallest absolute Gasteiger partial charge is 0.0891 e. The number of allylic oxidation sites excluding steroid dienone is 2. The van der Waals surface area contributed by atoms with Gasteiger partial charge in [0.05, 0.1) is 11.2 Å². The van der Waals surface area contributed by atoms with E-state index in [4.69, 9.17) is 27.9 Å². The van der Waals surface area contributed by atoms with Crippen LogP contribution in [-0.4, -0.2) is 11.2 Å². The quantitative estimate of drug-likeness (QED) is 0.686. The Morgan fingerprint density at radius 2 is 1.37 bits per heavy atom. The van der Waals surface area contributed by atoms with Gasteiger partial charge in [0, 0.05) is 10.1 Å². The maximum Gasteiger partial charge on any atom is 0.0891 e. The summed E-state index contributed by atoms with van der Waals surface area (Å²) in [5.74, 6) is 1.46. The maximum absolute atomic E-state index is 6.71. The fourth-order valence-electron chi connectivity index (χ4n) is 4.78. The summed E-state index contributed by atoms with van der Waals surface area (Å²) in [7, 11) is 0. The van der Waals surface area contributed by atoms with Crippen LogP contribution in [0, 0.1) is 11.8 Å². The van der Waals surface area contributed by atoms with Crippen LogP contribution in [0.15, 0.2) is 22.2 Å². The van der Waals surface area contributed by atoms with Crippen LogP contribution in [-0.2, 0) is 4.74 Å². The lowest BCUT2D eigenvalue weighted by molar-refractivity contribution is -0.107. The first-order chi connectivity index (χ1) is 9.07. The van der Waals surface area contributed by atoms with Crippen LogP contribution in [0.1, 0.15) is 51.4 Å². The monoisotopic (exact) mass is 298 g/mol. The zero-order chi connectivity index (χ0) is 13.1. The van der Waals surface area contributed by atoms with E-state index in [0.29, 0.717) is 0 Å². The predicted molar refractivity (Wildman–Crippen MR) is 78.3 cm³/mol. The van der Waals surface area contributed by atoms with E-state index in [9.17, 15) is 0 Å². The molecule has 19 heavy (non-hydrogen) atoms. The highest BCUT2D eigenvalue weighted by Gasteiger charge is 2.50. The molecule has 0 aromatic rings. The SMILES string of the molecule is ClC1=CC2(OC34C=C(Cl)CC(CC3)C4)CCC(C1)C2. The molecule has 0 N–H and O–H groups in total. The summed E-state index contributed by atoms with van der Waals surface area (Å²) in [6.45, 7) is 0. The predicted octanol–water partition coefficient (Wildman–Crippen LogP) is 5.13. The Labute approximate surface area is 125 Å². The fourth-order valence-corrected chi connectivity index (χ4v) is 5.62. The molecule has 4 rings (SSSR count). The molecule has 4 aliphatic rings. The molecule has 0 heterocycles. The summed E-state index contributed by atoms with van der Waals surface area (Å²) in [5, 5.41) is 2.01. The van der Waals surface area contributed by atoms with Crippen LogP contribution in [0.2, 0.25) is 0 Å². The van der Waals surface area contributed by atoms with E-state index in [2.05, 4.69) is 12.2 Å². The van der Waals surface area contributed by atoms with E-state index in [1.807, 2.05) is 0 Å². The Morgan fingerprint density at radius 3 is 1.84 bits per heavy atom. The molecule has 4 unspecified atom stereocenters. The van der Waals surface area contributed by atoms with Crippen molar-refractivity contribution < 1.29 is 4.74 Å².